The number of hydrogen-bond acceptors (Lipinski definition) is 3. The zero-order chi connectivity index (χ0) is 12.6. The van der Waals surface area contributed by atoms with Crippen molar-refractivity contribution in [3.05, 3.63) is 28.8 Å². The number of aliphatic carboxylic acids is 1. The first kappa shape index (κ1) is 11.4. The van der Waals surface area contributed by atoms with Gasteiger partial charge < -0.3 is 5.11 Å². The normalized spacial score (nSPS) is 13.1. The smallest absolute Gasteiger partial charge is 0.328 e. The summed E-state index contributed by atoms with van der Waals surface area (Å²) in [6.45, 7) is 3.53. The first-order valence-corrected chi connectivity index (χ1v) is 5.30. The summed E-state index contributed by atoms with van der Waals surface area (Å²) in [6.07, 6.45) is 1.55. The standard InChI is InChI=1S/C11H13N3O3/c1-6(2)8(10(15)16)14-7-4-3-5-12-9(7)13-11(14)17/h3-6,8H,1-2H3,(H,15,16)(H,12,13,17). The number of rotatable bonds is 3. The highest BCUT2D eigenvalue weighted by Gasteiger charge is 2.27. The molecular weight excluding hydrogens is 222 g/mol. The lowest BCUT2D eigenvalue weighted by molar-refractivity contribution is -0.142. The largest absolute Gasteiger partial charge is 0.480 e. The Morgan fingerprint density at radius 1 is 1.53 bits per heavy atom. The molecule has 2 N–H and O–H groups in total. The van der Waals surface area contributed by atoms with Gasteiger partial charge in [0.15, 0.2) is 5.65 Å². The number of carboxylic acid groups (broad SMARTS) is 1. The Kier molecular flexibility index (Phi) is 2.71. The summed E-state index contributed by atoms with van der Waals surface area (Å²) in [5.41, 5.74) is 0.475. The number of aromatic nitrogens is 3. The topological polar surface area (TPSA) is 88.0 Å². The van der Waals surface area contributed by atoms with Crippen LogP contribution in [0.2, 0.25) is 0 Å². The van der Waals surface area contributed by atoms with Gasteiger partial charge in [-0.3, -0.25) is 9.55 Å². The Labute approximate surface area is 96.9 Å². The number of H-pyrrole nitrogens is 1. The number of carboxylic acids is 1. The van der Waals surface area contributed by atoms with Crippen LogP contribution >= 0.6 is 0 Å². The highest BCUT2D eigenvalue weighted by Crippen LogP contribution is 2.20. The van der Waals surface area contributed by atoms with Crippen molar-refractivity contribution in [3.63, 3.8) is 0 Å². The Morgan fingerprint density at radius 3 is 2.82 bits per heavy atom. The fourth-order valence-corrected chi connectivity index (χ4v) is 1.93. The molecule has 0 radical (unpaired) electrons. The Morgan fingerprint density at radius 2 is 2.24 bits per heavy atom. The Hall–Kier alpha value is -2.11. The number of nitrogens with one attached hydrogen (secondary N) is 1. The summed E-state index contributed by atoms with van der Waals surface area (Å²) in [7, 11) is 0. The molecule has 2 heterocycles. The summed E-state index contributed by atoms with van der Waals surface area (Å²) in [6, 6.07) is 2.46. The number of fused-ring (bicyclic) bond motifs is 1. The molecule has 0 aliphatic carbocycles. The van der Waals surface area contributed by atoms with Crippen molar-refractivity contribution in [1.82, 2.24) is 14.5 Å². The second-order valence-corrected chi connectivity index (χ2v) is 4.20. The van der Waals surface area contributed by atoms with Gasteiger partial charge in [-0.05, 0) is 18.1 Å². The van der Waals surface area contributed by atoms with Gasteiger partial charge in [0.1, 0.15) is 6.04 Å². The summed E-state index contributed by atoms with van der Waals surface area (Å²) >= 11 is 0. The van der Waals surface area contributed by atoms with Gasteiger partial charge >= 0.3 is 11.7 Å². The molecule has 90 valence electrons. The zero-order valence-corrected chi connectivity index (χ0v) is 9.54. The third kappa shape index (κ3) is 1.82. The molecule has 0 amide bonds. The lowest BCUT2D eigenvalue weighted by Gasteiger charge is -2.17. The maximum atomic E-state index is 11.8. The van der Waals surface area contributed by atoms with Gasteiger partial charge in [0.25, 0.3) is 0 Å². The van der Waals surface area contributed by atoms with E-state index in [2.05, 4.69) is 9.97 Å². The molecule has 0 aromatic carbocycles. The van der Waals surface area contributed by atoms with E-state index in [9.17, 15) is 14.7 Å². The molecule has 1 unspecified atom stereocenters. The minimum Gasteiger partial charge on any atom is -0.480 e. The van der Waals surface area contributed by atoms with Crippen LogP contribution < -0.4 is 5.69 Å². The molecule has 17 heavy (non-hydrogen) atoms. The van der Waals surface area contributed by atoms with Gasteiger partial charge in [-0.25, -0.2) is 14.6 Å². The van der Waals surface area contributed by atoms with E-state index in [0.717, 1.165) is 0 Å². The van der Waals surface area contributed by atoms with Crippen molar-refractivity contribution in [1.29, 1.82) is 0 Å². The molecule has 0 bridgehead atoms. The fourth-order valence-electron chi connectivity index (χ4n) is 1.93. The van der Waals surface area contributed by atoms with Crippen LogP contribution in [0.15, 0.2) is 23.1 Å². The van der Waals surface area contributed by atoms with E-state index in [-0.39, 0.29) is 5.92 Å². The summed E-state index contributed by atoms with van der Waals surface area (Å²) in [5, 5.41) is 9.21. The second-order valence-electron chi connectivity index (χ2n) is 4.20. The van der Waals surface area contributed by atoms with E-state index in [1.807, 2.05) is 0 Å². The third-order valence-electron chi connectivity index (χ3n) is 2.65. The van der Waals surface area contributed by atoms with Crippen LogP contribution in [0.5, 0.6) is 0 Å². The molecule has 0 fully saturated rings. The molecule has 2 aromatic rings. The fraction of sp³-hybridized carbons (Fsp3) is 0.364. The molecule has 0 aliphatic rings. The van der Waals surface area contributed by atoms with E-state index in [1.54, 1.807) is 32.2 Å². The van der Waals surface area contributed by atoms with Gasteiger partial charge in [0.2, 0.25) is 0 Å². The van der Waals surface area contributed by atoms with Crippen LogP contribution in [0, 0.1) is 5.92 Å². The molecule has 0 saturated carbocycles. The number of pyridine rings is 1. The quantitative estimate of drug-likeness (QED) is 0.830. The number of nitrogens with zero attached hydrogens (tertiary/aromatic N) is 2. The van der Waals surface area contributed by atoms with Crippen molar-refractivity contribution in [2.24, 2.45) is 5.92 Å². The van der Waals surface area contributed by atoms with Crippen molar-refractivity contribution in [3.8, 4) is 0 Å². The zero-order valence-electron chi connectivity index (χ0n) is 9.54. The Balaban J connectivity index is 2.72. The molecule has 6 heteroatoms. The molecule has 0 spiro atoms. The van der Waals surface area contributed by atoms with Gasteiger partial charge in [-0.1, -0.05) is 13.8 Å². The summed E-state index contributed by atoms with van der Waals surface area (Å²) in [5.74, 6) is -1.21. The minimum atomic E-state index is -1.02. The maximum Gasteiger partial charge on any atom is 0.328 e. The summed E-state index contributed by atoms with van der Waals surface area (Å²) in [4.78, 5) is 29.6. The summed E-state index contributed by atoms with van der Waals surface area (Å²) < 4.78 is 1.25. The minimum absolute atomic E-state index is 0.190. The van der Waals surface area contributed by atoms with Crippen LogP contribution in [-0.2, 0) is 4.79 Å². The monoisotopic (exact) mass is 235 g/mol. The van der Waals surface area contributed by atoms with Gasteiger partial charge in [-0.2, -0.15) is 0 Å². The molecule has 2 rings (SSSR count). The lowest BCUT2D eigenvalue weighted by atomic mass is 10.0. The molecule has 1 atom stereocenters. The van der Waals surface area contributed by atoms with Crippen LogP contribution in [0.4, 0.5) is 0 Å². The number of imidazole rings is 1. The molecule has 0 saturated heterocycles. The van der Waals surface area contributed by atoms with E-state index in [1.165, 1.54) is 4.57 Å². The molecular formula is C11H13N3O3. The highest BCUT2D eigenvalue weighted by molar-refractivity contribution is 5.77. The average Bonchev–Trinajstić information content (AvgIpc) is 2.55. The number of carbonyl (C=O) groups is 1. The predicted octanol–water partition coefficient (Wildman–Crippen LogP) is 1.01. The van der Waals surface area contributed by atoms with Crippen molar-refractivity contribution in [2.75, 3.05) is 0 Å². The first-order chi connectivity index (χ1) is 8.02. The first-order valence-electron chi connectivity index (χ1n) is 5.30. The van der Waals surface area contributed by atoms with E-state index in [0.29, 0.717) is 11.2 Å². The average molecular weight is 235 g/mol. The molecule has 0 aliphatic heterocycles. The van der Waals surface area contributed by atoms with Gasteiger partial charge in [0, 0.05) is 6.20 Å². The van der Waals surface area contributed by atoms with Gasteiger partial charge in [-0.15, -0.1) is 0 Å². The molecule has 2 aromatic heterocycles. The van der Waals surface area contributed by atoms with E-state index >= 15 is 0 Å². The molecule has 6 nitrogen and oxygen atoms in total. The van der Waals surface area contributed by atoms with Gasteiger partial charge in [0.05, 0.1) is 5.52 Å². The third-order valence-corrected chi connectivity index (χ3v) is 2.65. The van der Waals surface area contributed by atoms with E-state index < -0.39 is 17.7 Å². The SMILES string of the molecule is CC(C)C(C(=O)O)n1c(=O)[nH]c2ncccc21. The number of hydrogen-bond donors (Lipinski definition) is 2. The van der Waals surface area contributed by atoms with E-state index in [4.69, 9.17) is 0 Å². The number of aromatic amines is 1. The van der Waals surface area contributed by atoms with Crippen molar-refractivity contribution in [2.45, 2.75) is 19.9 Å². The van der Waals surface area contributed by atoms with Crippen LogP contribution in [0.25, 0.3) is 11.2 Å². The highest BCUT2D eigenvalue weighted by atomic mass is 16.4. The van der Waals surface area contributed by atoms with Crippen LogP contribution in [-0.4, -0.2) is 25.6 Å². The second kappa shape index (κ2) is 4.04. The van der Waals surface area contributed by atoms with Crippen molar-refractivity contribution >= 4 is 17.1 Å². The Bertz CT molecular complexity index is 612. The van der Waals surface area contributed by atoms with Crippen LogP contribution in [0.1, 0.15) is 19.9 Å². The predicted molar refractivity (Wildman–Crippen MR) is 61.9 cm³/mol. The van der Waals surface area contributed by atoms with Crippen LogP contribution in [0.3, 0.4) is 0 Å². The maximum absolute atomic E-state index is 11.8. The van der Waals surface area contributed by atoms with Crippen molar-refractivity contribution < 1.29 is 9.90 Å². The lowest BCUT2D eigenvalue weighted by Crippen LogP contribution is -2.31.